The van der Waals surface area contributed by atoms with Crippen molar-refractivity contribution in [2.24, 2.45) is 7.05 Å². The summed E-state index contributed by atoms with van der Waals surface area (Å²) in [6, 6.07) is 6.03. The van der Waals surface area contributed by atoms with E-state index in [1.807, 2.05) is 30.8 Å². The summed E-state index contributed by atoms with van der Waals surface area (Å²) in [6.07, 6.45) is 1.87. The van der Waals surface area contributed by atoms with E-state index in [1.54, 1.807) is 16.0 Å². The number of hydrogen-bond donors (Lipinski definition) is 0. The van der Waals surface area contributed by atoms with Crippen LogP contribution in [0.5, 0.6) is 0 Å². The summed E-state index contributed by atoms with van der Waals surface area (Å²) in [5, 5.41) is 14.8. The number of nitrogens with zero attached hydrogens (tertiary/aromatic N) is 3. The highest BCUT2D eigenvalue weighted by Gasteiger charge is 2.09. The molecular weight excluding hydrogens is 182 g/mol. The average molecular weight is 189 g/mol. The van der Waals surface area contributed by atoms with Gasteiger partial charge in [-0.2, -0.15) is 10.4 Å². The van der Waals surface area contributed by atoms with Crippen molar-refractivity contribution in [2.75, 3.05) is 0 Å². The first kappa shape index (κ1) is 8.02. The van der Waals surface area contributed by atoms with Crippen LogP contribution in [0.4, 0.5) is 0 Å². The lowest BCUT2D eigenvalue weighted by Gasteiger charge is -1.88. The third-order valence-corrected chi connectivity index (χ3v) is 2.62. The molecule has 0 aliphatic rings. The Labute approximate surface area is 79.9 Å². The number of nitriles is 1. The predicted octanol–water partition coefficient (Wildman–Crippen LogP) is 2.02. The van der Waals surface area contributed by atoms with Crippen LogP contribution in [0.3, 0.4) is 0 Å². The fourth-order valence-electron chi connectivity index (χ4n) is 1.18. The van der Waals surface area contributed by atoms with E-state index in [0.29, 0.717) is 5.69 Å². The molecule has 0 unspecified atom stereocenters. The van der Waals surface area contributed by atoms with Crippen molar-refractivity contribution in [3.63, 3.8) is 0 Å². The minimum absolute atomic E-state index is 0.491. The molecule has 2 rings (SSSR count). The molecule has 0 amide bonds. The number of aromatic nitrogens is 2. The summed E-state index contributed by atoms with van der Waals surface area (Å²) in [5.41, 5.74) is 1.41. The highest BCUT2D eigenvalue weighted by Crippen LogP contribution is 2.26. The fraction of sp³-hybridized carbons (Fsp3) is 0.111. The summed E-state index contributed by atoms with van der Waals surface area (Å²) in [4.78, 5) is 1.09. The Hall–Kier alpha value is -1.60. The van der Waals surface area contributed by atoms with Crippen LogP contribution in [0.2, 0.25) is 0 Å². The largest absolute Gasteiger partial charge is 0.274 e. The molecule has 0 N–H and O–H groups in total. The fourth-order valence-corrected chi connectivity index (χ4v) is 1.92. The minimum Gasteiger partial charge on any atom is -0.274 e. The molecule has 0 aromatic carbocycles. The lowest BCUT2D eigenvalue weighted by Crippen LogP contribution is -1.86. The molecule has 0 atom stereocenters. The van der Waals surface area contributed by atoms with E-state index in [9.17, 15) is 0 Å². The van der Waals surface area contributed by atoms with E-state index in [0.717, 1.165) is 10.4 Å². The van der Waals surface area contributed by atoms with Gasteiger partial charge in [0.25, 0.3) is 0 Å². The average Bonchev–Trinajstić information content (AvgIpc) is 2.71. The van der Waals surface area contributed by atoms with Crippen molar-refractivity contribution in [2.45, 2.75) is 0 Å². The Morgan fingerprint density at radius 1 is 1.62 bits per heavy atom. The molecule has 0 fully saturated rings. The highest BCUT2D eigenvalue weighted by molar-refractivity contribution is 7.13. The van der Waals surface area contributed by atoms with E-state index in [1.165, 1.54) is 0 Å². The SMILES string of the molecule is Cn1cc(-c2cccs2)c(C#N)n1. The van der Waals surface area contributed by atoms with Crippen molar-refractivity contribution >= 4 is 11.3 Å². The van der Waals surface area contributed by atoms with E-state index in [-0.39, 0.29) is 0 Å². The molecular formula is C9H7N3S. The van der Waals surface area contributed by atoms with Crippen LogP contribution in [-0.2, 0) is 7.05 Å². The van der Waals surface area contributed by atoms with Gasteiger partial charge in [0.1, 0.15) is 6.07 Å². The van der Waals surface area contributed by atoms with Gasteiger partial charge in [-0.05, 0) is 11.4 Å². The van der Waals surface area contributed by atoms with Gasteiger partial charge in [-0.3, -0.25) is 4.68 Å². The second-order valence-corrected chi connectivity index (χ2v) is 3.60. The van der Waals surface area contributed by atoms with Crippen LogP contribution in [0.1, 0.15) is 5.69 Å². The molecule has 13 heavy (non-hydrogen) atoms. The van der Waals surface area contributed by atoms with Crippen molar-refractivity contribution < 1.29 is 0 Å². The van der Waals surface area contributed by atoms with Crippen molar-refractivity contribution in [1.29, 1.82) is 5.26 Å². The summed E-state index contributed by atoms with van der Waals surface area (Å²) < 4.78 is 1.66. The van der Waals surface area contributed by atoms with Gasteiger partial charge in [-0.1, -0.05) is 6.07 Å². The van der Waals surface area contributed by atoms with Gasteiger partial charge in [0, 0.05) is 23.7 Å². The lowest BCUT2D eigenvalue weighted by molar-refractivity contribution is 0.763. The van der Waals surface area contributed by atoms with Crippen LogP contribution in [0.25, 0.3) is 10.4 Å². The van der Waals surface area contributed by atoms with Crippen LogP contribution < -0.4 is 0 Å². The van der Waals surface area contributed by atoms with Crippen LogP contribution >= 0.6 is 11.3 Å². The summed E-state index contributed by atoms with van der Waals surface area (Å²) in [7, 11) is 1.82. The maximum absolute atomic E-state index is 8.81. The van der Waals surface area contributed by atoms with Gasteiger partial charge in [0.2, 0.25) is 0 Å². The smallest absolute Gasteiger partial charge is 0.171 e. The molecule has 64 valence electrons. The van der Waals surface area contributed by atoms with Gasteiger partial charge in [0.05, 0.1) is 0 Å². The van der Waals surface area contributed by atoms with Crippen molar-refractivity contribution in [3.8, 4) is 16.5 Å². The summed E-state index contributed by atoms with van der Waals surface area (Å²) in [6.45, 7) is 0. The topological polar surface area (TPSA) is 41.6 Å². The van der Waals surface area contributed by atoms with E-state index in [2.05, 4.69) is 11.2 Å². The van der Waals surface area contributed by atoms with Crippen LogP contribution in [0.15, 0.2) is 23.7 Å². The zero-order chi connectivity index (χ0) is 9.26. The van der Waals surface area contributed by atoms with Gasteiger partial charge >= 0.3 is 0 Å². The van der Waals surface area contributed by atoms with Crippen molar-refractivity contribution in [3.05, 3.63) is 29.4 Å². The first-order chi connectivity index (χ1) is 6.31. The monoisotopic (exact) mass is 189 g/mol. The van der Waals surface area contributed by atoms with E-state index >= 15 is 0 Å². The molecule has 0 aliphatic carbocycles. The first-order valence-corrected chi connectivity index (χ1v) is 4.67. The summed E-state index contributed by atoms with van der Waals surface area (Å²) in [5.74, 6) is 0. The van der Waals surface area contributed by atoms with Crippen LogP contribution in [0, 0.1) is 11.3 Å². The van der Waals surface area contributed by atoms with Crippen LogP contribution in [-0.4, -0.2) is 9.78 Å². The zero-order valence-electron chi connectivity index (χ0n) is 7.06. The number of rotatable bonds is 1. The maximum atomic E-state index is 8.81. The van der Waals surface area contributed by atoms with Gasteiger partial charge in [-0.15, -0.1) is 11.3 Å². The van der Waals surface area contributed by atoms with Gasteiger partial charge < -0.3 is 0 Å². The Balaban J connectivity index is 2.59. The third-order valence-electron chi connectivity index (χ3n) is 1.72. The quantitative estimate of drug-likeness (QED) is 0.688. The minimum atomic E-state index is 0.491. The summed E-state index contributed by atoms with van der Waals surface area (Å²) >= 11 is 1.61. The number of thiophene rings is 1. The van der Waals surface area contributed by atoms with E-state index < -0.39 is 0 Å². The maximum Gasteiger partial charge on any atom is 0.171 e. The number of hydrogen-bond acceptors (Lipinski definition) is 3. The Kier molecular flexibility index (Phi) is 1.87. The second-order valence-electron chi connectivity index (χ2n) is 2.65. The predicted molar refractivity (Wildman–Crippen MR) is 51.2 cm³/mol. The Morgan fingerprint density at radius 3 is 3.08 bits per heavy atom. The Morgan fingerprint density at radius 2 is 2.46 bits per heavy atom. The molecule has 0 bridgehead atoms. The highest BCUT2D eigenvalue weighted by atomic mass is 32.1. The molecule has 0 spiro atoms. The molecule has 0 saturated carbocycles. The first-order valence-electron chi connectivity index (χ1n) is 3.79. The third kappa shape index (κ3) is 1.34. The molecule has 0 aliphatic heterocycles. The molecule has 2 heterocycles. The number of aryl methyl sites for hydroxylation is 1. The van der Waals surface area contributed by atoms with Crippen molar-refractivity contribution in [1.82, 2.24) is 9.78 Å². The van der Waals surface area contributed by atoms with Gasteiger partial charge in [-0.25, -0.2) is 0 Å². The standard InChI is InChI=1S/C9H7N3S/c1-12-6-7(8(5-10)11-12)9-3-2-4-13-9/h2-4,6H,1H3. The molecule has 0 saturated heterocycles. The zero-order valence-corrected chi connectivity index (χ0v) is 7.88. The molecule has 3 nitrogen and oxygen atoms in total. The lowest BCUT2D eigenvalue weighted by atomic mass is 10.2. The molecule has 0 radical (unpaired) electrons. The normalized spacial score (nSPS) is 9.85. The second kappa shape index (κ2) is 3.04. The molecule has 4 heteroatoms. The Bertz CT molecular complexity index is 448. The molecule has 2 aromatic heterocycles. The van der Waals surface area contributed by atoms with E-state index in [4.69, 9.17) is 5.26 Å². The molecule has 2 aromatic rings. The van der Waals surface area contributed by atoms with Gasteiger partial charge in [0.15, 0.2) is 5.69 Å².